The molecule has 1 N–H and O–H groups in total. The van der Waals surface area contributed by atoms with Gasteiger partial charge in [0.1, 0.15) is 0 Å². The first-order valence-electron chi connectivity index (χ1n) is 6.09. The van der Waals surface area contributed by atoms with Crippen molar-refractivity contribution >= 4 is 41.3 Å². The quantitative estimate of drug-likeness (QED) is 0.694. The molecule has 0 aliphatic rings. The molecule has 0 bridgehead atoms. The van der Waals surface area contributed by atoms with Crippen molar-refractivity contribution in [3.8, 4) is 0 Å². The lowest BCUT2D eigenvalue weighted by atomic mass is 9.79. The van der Waals surface area contributed by atoms with Crippen LogP contribution < -0.4 is 10.8 Å². The third kappa shape index (κ3) is 3.67. The normalized spacial score (nSPS) is 11.1. The molecule has 0 saturated carbocycles. The van der Waals surface area contributed by atoms with Crippen LogP contribution in [0.15, 0.2) is 35.7 Å². The monoisotopic (exact) mass is 328 g/mol. The number of hydrogen-bond acceptors (Lipinski definition) is 4. The Kier molecular flexibility index (Phi) is 4.55. The van der Waals surface area contributed by atoms with Gasteiger partial charge in [0, 0.05) is 5.69 Å². The van der Waals surface area contributed by atoms with E-state index in [9.17, 15) is 22.5 Å². The molecule has 1 heterocycles. The zero-order chi connectivity index (χ0) is 16.3. The maximum atomic E-state index is 12.9. The van der Waals surface area contributed by atoms with Gasteiger partial charge in [0.25, 0.3) is 5.91 Å². The minimum Gasteiger partial charge on any atom is -0.465 e. The second-order valence-corrected chi connectivity index (χ2v) is 5.29. The van der Waals surface area contributed by atoms with Gasteiger partial charge in [-0.1, -0.05) is 18.2 Å². The van der Waals surface area contributed by atoms with E-state index >= 15 is 0 Å². The molecule has 1 aromatic carbocycles. The molecule has 9 heteroatoms. The molecule has 22 heavy (non-hydrogen) atoms. The number of methoxy groups -OCH3 is 1. The minimum atomic E-state index is -5.31. The number of anilines is 1. The SMILES string of the molecule is COC(=O)c1cc(NC(=O)c2cccs2)cc([B-](F)(F)F)c1. The summed E-state index contributed by atoms with van der Waals surface area (Å²) < 4.78 is 43.2. The Morgan fingerprint density at radius 2 is 1.95 bits per heavy atom. The maximum absolute atomic E-state index is 12.9. The molecule has 116 valence electrons. The van der Waals surface area contributed by atoms with E-state index in [1.807, 2.05) is 0 Å². The highest BCUT2D eigenvalue weighted by atomic mass is 32.1. The third-order valence-corrected chi connectivity index (χ3v) is 3.63. The van der Waals surface area contributed by atoms with Crippen molar-refractivity contribution in [3.05, 3.63) is 46.2 Å². The van der Waals surface area contributed by atoms with Crippen LogP contribution in [0, 0.1) is 0 Å². The topological polar surface area (TPSA) is 55.4 Å². The minimum absolute atomic E-state index is 0.115. The Balaban J connectivity index is 2.37. The van der Waals surface area contributed by atoms with E-state index in [0.29, 0.717) is 10.9 Å². The number of hydrogen-bond donors (Lipinski definition) is 1. The molecule has 1 aromatic heterocycles. The van der Waals surface area contributed by atoms with Crippen molar-refractivity contribution in [2.24, 2.45) is 0 Å². The third-order valence-electron chi connectivity index (χ3n) is 2.76. The molecule has 0 unspecified atom stereocenters. The number of carbonyl (C=O) groups is 2. The Hall–Kier alpha value is -2.29. The zero-order valence-electron chi connectivity index (χ0n) is 11.3. The summed E-state index contributed by atoms with van der Waals surface area (Å²) in [5.74, 6) is -1.45. The van der Waals surface area contributed by atoms with E-state index in [4.69, 9.17) is 0 Å². The summed E-state index contributed by atoms with van der Waals surface area (Å²) in [5, 5.41) is 4.02. The van der Waals surface area contributed by atoms with E-state index < -0.39 is 24.3 Å². The van der Waals surface area contributed by atoms with E-state index in [-0.39, 0.29) is 11.3 Å². The predicted octanol–water partition coefficient (Wildman–Crippen LogP) is 2.84. The number of carbonyl (C=O) groups excluding carboxylic acids is 2. The van der Waals surface area contributed by atoms with Crippen molar-refractivity contribution in [3.63, 3.8) is 0 Å². The molecular formula is C13H10BF3NO3S-. The molecule has 4 nitrogen and oxygen atoms in total. The van der Waals surface area contributed by atoms with Crippen LogP contribution in [0.3, 0.4) is 0 Å². The van der Waals surface area contributed by atoms with E-state index in [1.165, 1.54) is 0 Å². The van der Waals surface area contributed by atoms with Gasteiger partial charge in [-0.3, -0.25) is 4.79 Å². The van der Waals surface area contributed by atoms with Crippen LogP contribution in [0.1, 0.15) is 20.0 Å². The van der Waals surface area contributed by atoms with E-state index in [2.05, 4.69) is 10.1 Å². The lowest BCUT2D eigenvalue weighted by molar-refractivity contribution is 0.0600. The van der Waals surface area contributed by atoms with Crippen LogP contribution in [0.4, 0.5) is 18.6 Å². The number of halogens is 3. The van der Waals surface area contributed by atoms with Crippen molar-refractivity contribution in [1.29, 1.82) is 0 Å². The fourth-order valence-electron chi connectivity index (χ4n) is 1.75. The van der Waals surface area contributed by atoms with E-state index in [0.717, 1.165) is 30.6 Å². The number of ether oxygens (including phenoxy) is 1. The summed E-state index contributed by atoms with van der Waals surface area (Å²) in [6.07, 6.45) is 0. The smallest absolute Gasteiger partial charge is 0.465 e. The molecule has 0 fully saturated rings. The number of esters is 1. The average molecular weight is 328 g/mol. The first-order chi connectivity index (χ1) is 10.3. The number of rotatable bonds is 4. The highest BCUT2D eigenvalue weighted by Gasteiger charge is 2.27. The van der Waals surface area contributed by atoms with Crippen LogP contribution >= 0.6 is 11.3 Å². The van der Waals surface area contributed by atoms with E-state index in [1.54, 1.807) is 17.5 Å². The van der Waals surface area contributed by atoms with Gasteiger partial charge < -0.3 is 23.0 Å². The fraction of sp³-hybridized carbons (Fsp3) is 0.0769. The second kappa shape index (κ2) is 6.23. The lowest BCUT2D eigenvalue weighted by Gasteiger charge is -2.17. The van der Waals surface area contributed by atoms with Crippen LogP contribution in [0.25, 0.3) is 0 Å². The van der Waals surface area contributed by atoms with Crippen molar-refractivity contribution < 1.29 is 27.3 Å². The second-order valence-electron chi connectivity index (χ2n) is 4.34. The lowest BCUT2D eigenvalue weighted by Crippen LogP contribution is -2.35. The van der Waals surface area contributed by atoms with Gasteiger partial charge in [0.2, 0.25) is 0 Å². The Labute approximate surface area is 128 Å². The maximum Gasteiger partial charge on any atom is 0.509 e. The van der Waals surface area contributed by atoms with Gasteiger partial charge in [-0.05, 0) is 17.5 Å². The van der Waals surface area contributed by atoms with Gasteiger partial charge in [-0.2, -0.15) is 0 Å². The number of thiophene rings is 1. The van der Waals surface area contributed by atoms with Crippen LogP contribution in [0.5, 0.6) is 0 Å². The number of benzene rings is 1. The molecule has 0 spiro atoms. The van der Waals surface area contributed by atoms with Gasteiger partial charge in [-0.25, -0.2) is 4.79 Å². The Morgan fingerprint density at radius 1 is 1.23 bits per heavy atom. The summed E-state index contributed by atoms with van der Waals surface area (Å²) in [6, 6.07) is 5.82. The summed E-state index contributed by atoms with van der Waals surface area (Å²) in [5.41, 5.74) is -1.37. The van der Waals surface area contributed by atoms with Crippen molar-refractivity contribution in [2.75, 3.05) is 12.4 Å². The van der Waals surface area contributed by atoms with Gasteiger partial charge in [0.05, 0.1) is 17.6 Å². The van der Waals surface area contributed by atoms with Gasteiger partial charge >= 0.3 is 12.9 Å². The molecule has 0 radical (unpaired) electrons. The van der Waals surface area contributed by atoms with Crippen molar-refractivity contribution in [2.45, 2.75) is 0 Å². The van der Waals surface area contributed by atoms with Crippen LogP contribution in [0.2, 0.25) is 0 Å². The predicted molar refractivity (Wildman–Crippen MR) is 78.8 cm³/mol. The summed E-state index contributed by atoms with van der Waals surface area (Å²) >= 11 is 1.15. The first kappa shape index (κ1) is 16.1. The van der Waals surface area contributed by atoms with Crippen LogP contribution in [-0.4, -0.2) is 26.0 Å². The highest BCUT2D eigenvalue weighted by Crippen LogP contribution is 2.18. The Bertz CT molecular complexity index is 701. The molecule has 0 aliphatic carbocycles. The van der Waals surface area contributed by atoms with Crippen LogP contribution in [-0.2, 0) is 4.74 Å². The van der Waals surface area contributed by atoms with Gasteiger partial charge in [0.15, 0.2) is 0 Å². The molecule has 1 amide bonds. The molecule has 2 rings (SSSR count). The summed E-state index contributed by atoms with van der Waals surface area (Å²) in [6.45, 7) is -5.31. The fourth-order valence-corrected chi connectivity index (χ4v) is 2.37. The molecule has 0 atom stereocenters. The summed E-state index contributed by atoms with van der Waals surface area (Å²) in [4.78, 5) is 23.7. The summed E-state index contributed by atoms with van der Waals surface area (Å²) in [7, 11) is 1.07. The first-order valence-corrected chi connectivity index (χ1v) is 6.97. The molecule has 0 saturated heterocycles. The Morgan fingerprint density at radius 3 is 2.50 bits per heavy atom. The molecule has 2 aromatic rings. The average Bonchev–Trinajstić information content (AvgIpc) is 2.99. The zero-order valence-corrected chi connectivity index (χ0v) is 12.1. The van der Waals surface area contributed by atoms with Crippen molar-refractivity contribution in [1.82, 2.24) is 0 Å². The largest absolute Gasteiger partial charge is 0.509 e. The molecule has 0 aliphatic heterocycles. The molecular weight excluding hydrogens is 318 g/mol. The highest BCUT2D eigenvalue weighted by molar-refractivity contribution is 7.12. The standard InChI is InChI=1S/C13H10BF3NO3S/c1-21-13(20)8-5-9(14(15,16)17)7-10(6-8)18-12(19)11-3-2-4-22-11/h2-7H,1H3,(H,18,19)/q-1. The number of nitrogens with one attached hydrogen (secondary N) is 1. The number of amides is 1. The van der Waals surface area contributed by atoms with Gasteiger partial charge in [-0.15, -0.1) is 16.8 Å².